The lowest BCUT2D eigenvalue weighted by Crippen LogP contribution is -2.40. The first-order chi connectivity index (χ1) is 17.0. The fraction of sp³-hybridized carbons (Fsp3) is 0.464. The minimum absolute atomic E-state index is 0.0408. The van der Waals surface area contributed by atoms with Gasteiger partial charge in [0.1, 0.15) is 18.1 Å². The Labute approximate surface area is 206 Å². The van der Waals surface area contributed by atoms with Crippen molar-refractivity contribution in [2.24, 2.45) is 0 Å². The van der Waals surface area contributed by atoms with E-state index in [2.05, 4.69) is 0 Å². The van der Waals surface area contributed by atoms with E-state index in [0.717, 1.165) is 41.0 Å². The van der Waals surface area contributed by atoms with E-state index in [-0.39, 0.29) is 24.3 Å². The molecule has 0 bridgehead atoms. The minimum Gasteiger partial charge on any atom is -0.497 e. The molecular formula is C28H34N4O3. The van der Waals surface area contributed by atoms with Crippen LogP contribution < -0.4 is 4.74 Å². The Balaban J connectivity index is 1.36. The SMILES string of the molecule is COc1ccc(CN2CC(c3nc4ccccc4n3CC(=O)N(C)C3CCCCC3)CC2=O)cc1. The number of likely N-dealkylation sites (tertiary alicyclic amines) is 1. The number of carbonyl (C=O) groups excluding carboxylic acids is 2. The van der Waals surface area contributed by atoms with Crippen LogP contribution in [0.5, 0.6) is 5.75 Å². The predicted molar refractivity (Wildman–Crippen MR) is 135 cm³/mol. The summed E-state index contributed by atoms with van der Waals surface area (Å²) in [6.07, 6.45) is 6.21. The van der Waals surface area contributed by atoms with Crippen LogP contribution in [-0.2, 0) is 22.7 Å². The highest BCUT2D eigenvalue weighted by atomic mass is 16.5. The van der Waals surface area contributed by atoms with Crippen molar-refractivity contribution >= 4 is 22.8 Å². The number of rotatable bonds is 7. The van der Waals surface area contributed by atoms with E-state index in [1.165, 1.54) is 19.3 Å². The van der Waals surface area contributed by atoms with Crippen molar-refractivity contribution in [1.82, 2.24) is 19.4 Å². The Bertz CT molecular complexity index is 1200. The summed E-state index contributed by atoms with van der Waals surface area (Å²) in [7, 11) is 3.58. The van der Waals surface area contributed by atoms with Gasteiger partial charge in [-0.3, -0.25) is 9.59 Å². The van der Waals surface area contributed by atoms with Gasteiger partial charge in [-0.2, -0.15) is 0 Å². The van der Waals surface area contributed by atoms with Crippen molar-refractivity contribution in [3.63, 3.8) is 0 Å². The molecule has 0 radical (unpaired) electrons. The summed E-state index contributed by atoms with van der Waals surface area (Å²) in [5.41, 5.74) is 2.89. The lowest BCUT2D eigenvalue weighted by Gasteiger charge is -2.31. The molecule has 7 heteroatoms. The number of nitrogens with zero attached hydrogens (tertiary/aromatic N) is 4. The van der Waals surface area contributed by atoms with Gasteiger partial charge < -0.3 is 19.1 Å². The van der Waals surface area contributed by atoms with Crippen LogP contribution in [0.1, 0.15) is 55.8 Å². The fourth-order valence-electron chi connectivity index (χ4n) is 5.54. The average molecular weight is 475 g/mol. The molecule has 7 nitrogen and oxygen atoms in total. The lowest BCUT2D eigenvalue weighted by molar-refractivity contribution is -0.133. The van der Waals surface area contributed by atoms with E-state index >= 15 is 0 Å². The van der Waals surface area contributed by atoms with Crippen LogP contribution in [0.2, 0.25) is 0 Å². The molecule has 2 aliphatic rings. The standard InChI is InChI=1S/C28H34N4O3/c1-30(22-8-4-3-5-9-22)27(34)19-32-25-11-7-6-10-24(25)29-28(32)21-16-26(33)31(18-21)17-20-12-14-23(35-2)15-13-20/h6-7,10-15,21-22H,3-5,8-9,16-19H2,1-2H3. The molecule has 1 atom stereocenters. The number of hydrogen-bond acceptors (Lipinski definition) is 4. The molecule has 2 heterocycles. The van der Waals surface area contributed by atoms with E-state index < -0.39 is 0 Å². The van der Waals surface area contributed by atoms with Crippen LogP contribution in [0, 0.1) is 0 Å². The van der Waals surface area contributed by atoms with Crippen LogP contribution in [-0.4, -0.2) is 57.9 Å². The molecule has 1 saturated heterocycles. The van der Waals surface area contributed by atoms with Gasteiger partial charge >= 0.3 is 0 Å². The van der Waals surface area contributed by atoms with Crippen molar-refractivity contribution in [2.45, 2.75) is 63.6 Å². The quantitative estimate of drug-likeness (QED) is 0.511. The molecule has 1 aromatic heterocycles. The number of fused-ring (bicyclic) bond motifs is 1. The Kier molecular flexibility index (Phi) is 6.75. The molecule has 2 amide bonds. The monoisotopic (exact) mass is 474 g/mol. The molecule has 0 spiro atoms. The van der Waals surface area contributed by atoms with Gasteiger partial charge in [-0.05, 0) is 42.7 Å². The molecule has 184 valence electrons. The highest BCUT2D eigenvalue weighted by molar-refractivity contribution is 5.83. The summed E-state index contributed by atoms with van der Waals surface area (Å²) >= 11 is 0. The fourth-order valence-corrected chi connectivity index (χ4v) is 5.54. The number of aromatic nitrogens is 2. The van der Waals surface area contributed by atoms with Crippen LogP contribution in [0.15, 0.2) is 48.5 Å². The van der Waals surface area contributed by atoms with Gasteiger partial charge in [-0.15, -0.1) is 0 Å². The second-order valence-corrected chi connectivity index (χ2v) is 9.86. The summed E-state index contributed by atoms with van der Waals surface area (Å²) < 4.78 is 7.29. The number of ether oxygens (including phenoxy) is 1. The van der Waals surface area contributed by atoms with Gasteiger partial charge in [0, 0.05) is 38.5 Å². The zero-order chi connectivity index (χ0) is 24.4. The molecule has 1 aliphatic carbocycles. The maximum absolute atomic E-state index is 13.3. The number of benzene rings is 2. The molecule has 0 N–H and O–H groups in total. The summed E-state index contributed by atoms with van der Waals surface area (Å²) in [5.74, 6) is 1.83. The van der Waals surface area contributed by atoms with Crippen LogP contribution in [0.25, 0.3) is 11.0 Å². The molecule has 1 saturated carbocycles. The number of imidazole rings is 1. The van der Waals surface area contributed by atoms with Crippen molar-refractivity contribution < 1.29 is 14.3 Å². The molecule has 2 fully saturated rings. The molecule has 35 heavy (non-hydrogen) atoms. The number of para-hydroxylation sites is 2. The van der Waals surface area contributed by atoms with Crippen molar-refractivity contribution in [1.29, 1.82) is 0 Å². The second kappa shape index (κ2) is 10.1. The first-order valence-corrected chi connectivity index (χ1v) is 12.6. The molecule has 1 unspecified atom stereocenters. The van der Waals surface area contributed by atoms with E-state index in [1.807, 2.05) is 69.9 Å². The summed E-state index contributed by atoms with van der Waals surface area (Å²) in [5, 5.41) is 0. The number of carbonyl (C=O) groups is 2. The predicted octanol–water partition coefficient (Wildman–Crippen LogP) is 4.35. The third-order valence-corrected chi connectivity index (χ3v) is 7.61. The molecule has 3 aromatic rings. The second-order valence-electron chi connectivity index (χ2n) is 9.86. The Morgan fingerprint density at radius 1 is 1.09 bits per heavy atom. The van der Waals surface area contributed by atoms with Crippen molar-refractivity contribution in [3.05, 3.63) is 59.9 Å². The Morgan fingerprint density at radius 3 is 2.57 bits per heavy atom. The third kappa shape index (κ3) is 4.90. The van der Waals surface area contributed by atoms with Crippen LogP contribution >= 0.6 is 0 Å². The molecule has 5 rings (SSSR count). The van der Waals surface area contributed by atoms with E-state index in [9.17, 15) is 9.59 Å². The lowest BCUT2D eigenvalue weighted by atomic mass is 9.94. The number of methoxy groups -OCH3 is 1. The third-order valence-electron chi connectivity index (χ3n) is 7.61. The van der Waals surface area contributed by atoms with Gasteiger partial charge in [0.25, 0.3) is 0 Å². The summed E-state index contributed by atoms with van der Waals surface area (Å²) in [6.45, 7) is 1.41. The Morgan fingerprint density at radius 2 is 1.83 bits per heavy atom. The topological polar surface area (TPSA) is 67.7 Å². The molecule has 1 aliphatic heterocycles. The zero-order valence-corrected chi connectivity index (χ0v) is 20.7. The smallest absolute Gasteiger partial charge is 0.242 e. The minimum atomic E-state index is -0.0408. The highest BCUT2D eigenvalue weighted by Gasteiger charge is 2.34. The first-order valence-electron chi connectivity index (χ1n) is 12.6. The molecular weight excluding hydrogens is 440 g/mol. The highest BCUT2D eigenvalue weighted by Crippen LogP contribution is 2.32. The maximum Gasteiger partial charge on any atom is 0.242 e. The van der Waals surface area contributed by atoms with Crippen molar-refractivity contribution in [3.8, 4) is 5.75 Å². The number of hydrogen-bond donors (Lipinski definition) is 0. The van der Waals surface area contributed by atoms with Gasteiger partial charge in [-0.25, -0.2) is 4.98 Å². The van der Waals surface area contributed by atoms with Crippen molar-refractivity contribution in [2.75, 3.05) is 20.7 Å². The number of likely N-dealkylation sites (N-methyl/N-ethyl adjacent to an activating group) is 1. The maximum atomic E-state index is 13.3. The summed E-state index contributed by atoms with van der Waals surface area (Å²) in [4.78, 5) is 35.0. The molecule has 2 aromatic carbocycles. The van der Waals surface area contributed by atoms with Gasteiger partial charge in [0.2, 0.25) is 11.8 Å². The zero-order valence-electron chi connectivity index (χ0n) is 20.7. The first kappa shape index (κ1) is 23.4. The average Bonchev–Trinajstić information content (AvgIpc) is 3.44. The van der Waals surface area contributed by atoms with Gasteiger partial charge in [-0.1, -0.05) is 43.5 Å². The van der Waals surface area contributed by atoms with E-state index in [4.69, 9.17) is 9.72 Å². The van der Waals surface area contributed by atoms with Gasteiger partial charge in [0.15, 0.2) is 0 Å². The largest absolute Gasteiger partial charge is 0.497 e. The van der Waals surface area contributed by atoms with Crippen LogP contribution in [0.4, 0.5) is 0 Å². The van der Waals surface area contributed by atoms with E-state index in [1.54, 1.807) is 7.11 Å². The van der Waals surface area contributed by atoms with Crippen LogP contribution in [0.3, 0.4) is 0 Å². The summed E-state index contributed by atoms with van der Waals surface area (Å²) in [6, 6.07) is 16.1. The Hall–Kier alpha value is -3.35. The number of amides is 2. The normalized spacial score (nSPS) is 18.9. The van der Waals surface area contributed by atoms with Gasteiger partial charge in [0.05, 0.1) is 18.1 Å². The van der Waals surface area contributed by atoms with E-state index in [0.29, 0.717) is 25.6 Å².